The van der Waals surface area contributed by atoms with Crippen molar-refractivity contribution in [3.63, 3.8) is 0 Å². The number of azo groups is 1. The van der Waals surface area contributed by atoms with Crippen molar-refractivity contribution < 1.29 is 27.9 Å². The molecule has 0 aliphatic carbocycles. The van der Waals surface area contributed by atoms with Crippen LogP contribution in [0.1, 0.15) is 52.0 Å². The minimum Gasteiger partial charge on any atom is -0.480 e. The first kappa shape index (κ1) is 37.8. The number of hydrogen-bond donors (Lipinski definition) is 2. The number of halogens is 2. The van der Waals surface area contributed by atoms with Gasteiger partial charge in [-0.1, -0.05) is 17.2 Å². The Morgan fingerprint density at radius 1 is 0.882 bits per heavy atom. The highest BCUT2D eigenvalue weighted by molar-refractivity contribution is 5.99. The summed E-state index contributed by atoms with van der Waals surface area (Å²) >= 11 is 0. The van der Waals surface area contributed by atoms with E-state index < -0.39 is 41.7 Å². The van der Waals surface area contributed by atoms with Crippen molar-refractivity contribution >= 4 is 40.2 Å². The zero-order chi connectivity index (χ0) is 36.8. The second-order valence-corrected chi connectivity index (χ2v) is 11.8. The van der Waals surface area contributed by atoms with E-state index >= 15 is 0 Å². The van der Waals surface area contributed by atoms with Crippen molar-refractivity contribution in [1.82, 2.24) is 5.32 Å². The average Bonchev–Trinajstić information content (AvgIpc) is 3.12. The van der Waals surface area contributed by atoms with Gasteiger partial charge >= 0.3 is 0 Å². The van der Waals surface area contributed by atoms with Crippen LogP contribution in [-0.4, -0.2) is 50.8 Å². The summed E-state index contributed by atoms with van der Waals surface area (Å²) in [6, 6.07) is 21.1. The Balaban J connectivity index is 1.32. The molecule has 4 aromatic carbocycles. The van der Waals surface area contributed by atoms with Gasteiger partial charge in [-0.25, -0.2) is 8.78 Å². The number of ketones is 2. The van der Waals surface area contributed by atoms with E-state index in [1.54, 1.807) is 24.3 Å². The predicted molar refractivity (Wildman–Crippen MR) is 190 cm³/mol. The third-order valence-electron chi connectivity index (χ3n) is 7.80. The molecule has 1 unspecified atom stereocenters. The summed E-state index contributed by atoms with van der Waals surface area (Å²) < 4.78 is 35.2. The second kappa shape index (κ2) is 18.7. The number of benzene rings is 4. The van der Waals surface area contributed by atoms with Gasteiger partial charge in [0.05, 0.1) is 17.4 Å². The Morgan fingerprint density at radius 3 is 2.14 bits per heavy atom. The van der Waals surface area contributed by atoms with E-state index in [-0.39, 0.29) is 41.9 Å². The Hall–Kier alpha value is -5.98. The lowest BCUT2D eigenvalue weighted by atomic mass is 10.0. The number of carbonyl (C=O) groups is 3. The molecule has 0 fully saturated rings. The molecule has 3 N–H and O–H groups in total. The molecule has 0 saturated heterocycles. The molecule has 0 aliphatic heterocycles. The van der Waals surface area contributed by atoms with Crippen LogP contribution >= 0.6 is 0 Å². The van der Waals surface area contributed by atoms with Crippen LogP contribution in [0, 0.1) is 11.6 Å². The van der Waals surface area contributed by atoms with E-state index in [0.717, 1.165) is 17.8 Å². The monoisotopic (exact) mass is 696 g/mol. The third kappa shape index (κ3) is 11.3. The van der Waals surface area contributed by atoms with Gasteiger partial charge in [0.2, 0.25) is 0 Å². The quantitative estimate of drug-likeness (QED) is 0.0349. The molecule has 0 aromatic heterocycles. The summed E-state index contributed by atoms with van der Waals surface area (Å²) in [6.45, 7) is -0.336. The third-order valence-corrected chi connectivity index (χ3v) is 7.80. The van der Waals surface area contributed by atoms with Crippen molar-refractivity contribution in [2.75, 3.05) is 32.1 Å². The number of amides is 1. The molecule has 0 saturated carbocycles. The molecule has 14 heteroatoms. The van der Waals surface area contributed by atoms with Crippen LogP contribution < -0.4 is 20.7 Å². The number of Topliss-reactive ketones (excluding diaryl/α,β-unsaturated/α-hetero) is 2. The summed E-state index contributed by atoms with van der Waals surface area (Å²) in [7, 11) is 3.89. The van der Waals surface area contributed by atoms with Crippen molar-refractivity contribution in [3.05, 3.63) is 124 Å². The van der Waals surface area contributed by atoms with Gasteiger partial charge in [-0.2, -0.15) is 10.2 Å². The topological polar surface area (TPSA) is 175 Å². The van der Waals surface area contributed by atoms with Crippen molar-refractivity contribution in [2.24, 2.45) is 21.1 Å². The second-order valence-electron chi connectivity index (χ2n) is 11.8. The van der Waals surface area contributed by atoms with E-state index in [1.807, 2.05) is 43.3 Å². The van der Waals surface area contributed by atoms with Crippen LogP contribution in [0.4, 0.5) is 31.5 Å². The van der Waals surface area contributed by atoms with Gasteiger partial charge in [0.15, 0.2) is 29.0 Å². The molecule has 1 atom stereocenters. The van der Waals surface area contributed by atoms with Gasteiger partial charge in [0.1, 0.15) is 6.61 Å². The Morgan fingerprint density at radius 2 is 1.53 bits per heavy atom. The van der Waals surface area contributed by atoms with Crippen LogP contribution in [0.2, 0.25) is 0 Å². The highest BCUT2D eigenvalue weighted by Gasteiger charge is 2.23. The standard InChI is InChI=1S/C37H38F2N8O4/c1-47(2)30-16-14-28(15-17-30)44-43-27-12-10-25(11-13-27)34(48)18-9-24-20-31(38)36(32(39)21-24)51-23-35(49)33(8-3-4-19-40)42-37(50)26-6-5-7-29(22-26)45-46-41/h5-7,10-17,20-22,33H,3-4,8-9,18-19,23,40H2,1-2H3,(H,42,50). The van der Waals surface area contributed by atoms with Gasteiger partial charge in [0.25, 0.3) is 5.91 Å². The molecular weight excluding hydrogens is 658 g/mol. The number of rotatable bonds is 18. The normalized spacial score (nSPS) is 11.5. The molecule has 0 aliphatic rings. The molecule has 12 nitrogen and oxygen atoms in total. The number of aryl methyl sites for hydroxylation is 1. The van der Waals surface area contributed by atoms with Gasteiger partial charge < -0.3 is 20.7 Å². The SMILES string of the molecule is CN(C)c1ccc(N=Nc2ccc(C(=O)CCc3cc(F)c(OCC(=O)C(CCCCN)NC(=O)c4cccc(N=[N+]=[N-])c4)c(F)c3)cc2)cc1. The van der Waals surface area contributed by atoms with Crippen molar-refractivity contribution in [3.8, 4) is 5.75 Å². The Bertz CT molecular complexity index is 1890. The number of hydrogen-bond acceptors (Lipinski definition) is 9. The molecular formula is C37H38F2N8O4. The number of carbonyl (C=O) groups excluding carboxylic acids is 3. The number of unbranched alkanes of at least 4 members (excludes halogenated alkanes) is 1. The van der Waals surface area contributed by atoms with Crippen LogP contribution in [0.15, 0.2) is 100 Å². The fourth-order valence-electron chi connectivity index (χ4n) is 5.00. The van der Waals surface area contributed by atoms with E-state index in [2.05, 4.69) is 25.6 Å². The van der Waals surface area contributed by atoms with Crippen LogP contribution in [0.5, 0.6) is 5.75 Å². The number of ether oxygens (including phenoxy) is 1. The maximum atomic E-state index is 15.0. The molecule has 264 valence electrons. The maximum Gasteiger partial charge on any atom is 0.251 e. The van der Waals surface area contributed by atoms with E-state index in [0.29, 0.717) is 36.3 Å². The Labute approximate surface area is 294 Å². The van der Waals surface area contributed by atoms with Crippen LogP contribution in [0.25, 0.3) is 10.4 Å². The minimum atomic E-state index is -1.03. The molecule has 4 aromatic rings. The molecule has 0 heterocycles. The van der Waals surface area contributed by atoms with E-state index in [9.17, 15) is 23.2 Å². The molecule has 0 spiro atoms. The number of azide groups is 1. The predicted octanol–water partition coefficient (Wildman–Crippen LogP) is 8.08. The number of nitrogens with zero attached hydrogens (tertiary/aromatic N) is 6. The zero-order valence-electron chi connectivity index (χ0n) is 28.3. The average molecular weight is 697 g/mol. The molecule has 1 amide bonds. The zero-order valence-corrected chi connectivity index (χ0v) is 28.3. The smallest absolute Gasteiger partial charge is 0.251 e. The number of anilines is 1. The summed E-state index contributed by atoms with van der Waals surface area (Å²) in [6.07, 6.45) is 1.37. The van der Waals surface area contributed by atoms with Gasteiger partial charge in [0, 0.05) is 47.9 Å². The summed E-state index contributed by atoms with van der Waals surface area (Å²) in [5.41, 5.74) is 17.5. The van der Waals surface area contributed by atoms with E-state index in [4.69, 9.17) is 16.0 Å². The lowest BCUT2D eigenvalue weighted by Gasteiger charge is -2.18. The van der Waals surface area contributed by atoms with Gasteiger partial charge in [-0.15, -0.1) is 0 Å². The maximum absolute atomic E-state index is 15.0. The molecule has 0 radical (unpaired) electrons. The lowest BCUT2D eigenvalue weighted by Crippen LogP contribution is -2.43. The molecule has 51 heavy (non-hydrogen) atoms. The molecule has 0 bridgehead atoms. The first-order valence-corrected chi connectivity index (χ1v) is 16.2. The van der Waals surface area contributed by atoms with Gasteiger partial charge in [-0.05, 0) is 116 Å². The van der Waals surface area contributed by atoms with Crippen molar-refractivity contribution in [1.29, 1.82) is 0 Å². The van der Waals surface area contributed by atoms with E-state index in [1.165, 1.54) is 24.3 Å². The largest absolute Gasteiger partial charge is 0.480 e. The first-order chi connectivity index (χ1) is 24.6. The Kier molecular flexibility index (Phi) is 13.9. The fraction of sp³-hybridized carbons (Fsp3) is 0.270. The van der Waals surface area contributed by atoms with Crippen LogP contribution in [0.3, 0.4) is 0 Å². The van der Waals surface area contributed by atoms with Crippen molar-refractivity contribution in [2.45, 2.75) is 38.1 Å². The minimum absolute atomic E-state index is 0.00734. The lowest BCUT2D eigenvalue weighted by molar-refractivity contribution is -0.123. The first-order valence-electron chi connectivity index (χ1n) is 16.2. The highest BCUT2D eigenvalue weighted by atomic mass is 19.1. The van der Waals surface area contributed by atoms with Gasteiger partial charge in [-0.3, -0.25) is 14.4 Å². The highest BCUT2D eigenvalue weighted by Crippen LogP contribution is 2.26. The summed E-state index contributed by atoms with van der Waals surface area (Å²) in [5, 5.41) is 14.5. The molecule has 4 rings (SSSR count). The summed E-state index contributed by atoms with van der Waals surface area (Å²) in [4.78, 5) is 43.4. The van der Waals surface area contributed by atoms with Crippen LogP contribution in [-0.2, 0) is 11.2 Å². The number of nitrogens with two attached hydrogens (primary N) is 1. The fourth-order valence-corrected chi connectivity index (χ4v) is 5.00. The summed E-state index contributed by atoms with van der Waals surface area (Å²) in [5.74, 6) is -4.24. The number of nitrogens with one attached hydrogen (secondary N) is 1.